The normalized spacial score (nSPS) is 33.8. The molecule has 21 heavy (non-hydrogen) atoms. The zero-order chi connectivity index (χ0) is 15.0. The molecule has 0 aliphatic carbocycles. The number of nitrogens with zero attached hydrogens (tertiary/aromatic N) is 2. The molecule has 0 bridgehead atoms. The van der Waals surface area contributed by atoms with Crippen molar-refractivity contribution in [2.24, 2.45) is 11.8 Å². The fourth-order valence-electron chi connectivity index (χ4n) is 4.00. The third-order valence-corrected chi connectivity index (χ3v) is 5.03. The number of carbonyl (C=O) groups excluding carboxylic acids is 2. The Morgan fingerprint density at radius 1 is 1.19 bits per heavy atom. The summed E-state index contributed by atoms with van der Waals surface area (Å²) in [6, 6.07) is -0.481. The summed E-state index contributed by atoms with van der Waals surface area (Å²) in [5.41, 5.74) is 0. The standard InChI is InChI=1S/C16H26N2O3/c1-11(2)14-16(20)17-7-3-6-13(17)15(19)18(14)9-12-5-4-8-21-10-12/h11-14H,3-10H2,1-2H3. The van der Waals surface area contributed by atoms with Gasteiger partial charge in [-0.2, -0.15) is 0 Å². The minimum atomic E-state index is -0.284. The SMILES string of the molecule is CC(C)C1C(=O)N2CCCC2C(=O)N1CC1CCCOC1. The van der Waals surface area contributed by atoms with Crippen LogP contribution in [0.25, 0.3) is 0 Å². The number of hydrogen-bond donors (Lipinski definition) is 0. The maximum atomic E-state index is 12.8. The third-order valence-electron chi connectivity index (χ3n) is 5.03. The van der Waals surface area contributed by atoms with Crippen LogP contribution < -0.4 is 0 Å². The Balaban J connectivity index is 1.80. The lowest BCUT2D eigenvalue weighted by Crippen LogP contribution is -2.65. The van der Waals surface area contributed by atoms with E-state index in [0.717, 1.165) is 45.4 Å². The average Bonchev–Trinajstić information content (AvgIpc) is 2.95. The minimum Gasteiger partial charge on any atom is -0.381 e. The number of hydrogen-bond acceptors (Lipinski definition) is 3. The van der Waals surface area contributed by atoms with Crippen molar-refractivity contribution in [2.45, 2.75) is 51.6 Å². The second-order valence-electron chi connectivity index (χ2n) is 6.95. The number of ether oxygens (including phenoxy) is 1. The third kappa shape index (κ3) is 2.68. The van der Waals surface area contributed by atoms with Crippen LogP contribution in [0.15, 0.2) is 0 Å². The van der Waals surface area contributed by atoms with Gasteiger partial charge in [0.15, 0.2) is 0 Å². The van der Waals surface area contributed by atoms with E-state index >= 15 is 0 Å². The molecule has 3 unspecified atom stereocenters. The van der Waals surface area contributed by atoms with Crippen molar-refractivity contribution in [1.82, 2.24) is 9.80 Å². The Kier molecular flexibility index (Phi) is 4.20. The van der Waals surface area contributed by atoms with Gasteiger partial charge in [-0.05, 0) is 37.5 Å². The molecule has 3 fully saturated rings. The molecule has 5 nitrogen and oxygen atoms in total. The number of amides is 2. The van der Waals surface area contributed by atoms with Crippen LogP contribution in [0.3, 0.4) is 0 Å². The highest BCUT2D eigenvalue weighted by molar-refractivity contribution is 5.97. The van der Waals surface area contributed by atoms with Gasteiger partial charge >= 0.3 is 0 Å². The minimum absolute atomic E-state index is 0.156. The summed E-state index contributed by atoms with van der Waals surface area (Å²) in [5.74, 6) is 0.859. The topological polar surface area (TPSA) is 49.9 Å². The van der Waals surface area contributed by atoms with E-state index < -0.39 is 0 Å². The lowest BCUT2D eigenvalue weighted by atomic mass is 9.93. The van der Waals surface area contributed by atoms with E-state index in [1.165, 1.54) is 0 Å². The zero-order valence-corrected chi connectivity index (χ0v) is 13.1. The summed E-state index contributed by atoms with van der Waals surface area (Å²) in [6.07, 6.45) is 3.93. The molecule has 118 valence electrons. The molecule has 3 aliphatic heterocycles. The molecule has 0 spiro atoms. The molecule has 0 aromatic rings. The van der Waals surface area contributed by atoms with Gasteiger partial charge in [0.1, 0.15) is 12.1 Å². The molecule has 0 N–H and O–H groups in total. The second-order valence-corrected chi connectivity index (χ2v) is 6.95. The van der Waals surface area contributed by atoms with E-state index in [1.807, 2.05) is 23.6 Å². The lowest BCUT2D eigenvalue weighted by molar-refractivity contribution is -0.162. The van der Waals surface area contributed by atoms with Gasteiger partial charge in [-0.15, -0.1) is 0 Å². The van der Waals surface area contributed by atoms with E-state index in [2.05, 4.69) is 0 Å². The first-order valence-corrected chi connectivity index (χ1v) is 8.28. The van der Waals surface area contributed by atoms with Crippen molar-refractivity contribution in [1.29, 1.82) is 0 Å². The van der Waals surface area contributed by atoms with Gasteiger partial charge in [-0.25, -0.2) is 0 Å². The Hall–Kier alpha value is -1.10. The van der Waals surface area contributed by atoms with Crippen molar-refractivity contribution in [2.75, 3.05) is 26.3 Å². The van der Waals surface area contributed by atoms with Crippen LogP contribution in [0, 0.1) is 11.8 Å². The fourth-order valence-corrected chi connectivity index (χ4v) is 4.00. The Morgan fingerprint density at radius 2 is 2.00 bits per heavy atom. The Labute approximate surface area is 126 Å². The number of piperazine rings is 1. The molecule has 0 aromatic heterocycles. The molecule has 5 heteroatoms. The first-order valence-electron chi connectivity index (χ1n) is 8.28. The molecule has 3 aliphatic rings. The molecule has 0 radical (unpaired) electrons. The molecule has 0 aromatic carbocycles. The van der Waals surface area contributed by atoms with Crippen molar-refractivity contribution in [3.63, 3.8) is 0 Å². The molecule has 2 amide bonds. The molecular weight excluding hydrogens is 268 g/mol. The van der Waals surface area contributed by atoms with E-state index in [9.17, 15) is 9.59 Å². The zero-order valence-electron chi connectivity index (χ0n) is 13.1. The molecule has 0 saturated carbocycles. The van der Waals surface area contributed by atoms with Crippen LogP contribution in [-0.2, 0) is 14.3 Å². The molecule has 3 heterocycles. The van der Waals surface area contributed by atoms with Gasteiger partial charge in [0.2, 0.25) is 11.8 Å². The number of rotatable bonds is 3. The smallest absolute Gasteiger partial charge is 0.246 e. The van der Waals surface area contributed by atoms with Gasteiger partial charge < -0.3 is 14.5 Å². The highest BCUT2D eigenvalue weighted by atomic mass is 16.5. The van der Waals surface area contributed by atoms with Crippen LogP contribution >= 0.6 is 0 Å². The predicted molar refractivity (Wildman–Crippen MR) is 78.6 cm³/mol. The van der Waals surface area contributed by atoms with Gasteiger partial charge in [0.25, 0.3) is 0 Å². The molecule has 3 rings (SSSR count). The molecule has 3 atom stereocenters. The van der Waals surface area contributed by atoms with Crippen LogP contribution in [-0.4, -0.2) is 60.0 Å². The van der Waals surface area contributed by atoms with Gasteiger partial charge in [0.05, 0.1) is 6.61 Å². The molecular formula is C16H26N2O3. The summed E-state index contributed by atoms with van der Waals surface area (Å²) < 4.78 is 5.53. The van der Waals surface area contributed by atoms with E-state index in [4.69, 9.17) is 4.74 Å². The second kappa shape index (κ2) is 5.95. The van der Waals surface area contributed by atoms with Crippen molar-refractivity contribution < 1.29 is 14.3 Å². The highest BCUT2D eigenvalue weighted by Gasteiger charge is 2.48. The summed E-state index contributed by atoms with van der Waals surface area (Å²) in [4.78, 5) is 29.3. The summed E-state index contributed by atoms with van der Waals surface area (Å²) in [7, 11) is 0. The quantitative estimate of drug-likeness (QED) is 0.787. The van der Waals surface area contributed by atoms with Crippen LogP contribution in [0.4, 0.5) is 0 Å². The van der Waals surface area contributed by atoms with E-state index in [1.54, 1.807) is 0 Å². The summed E-state index contributed by atoms with van der Waals surface area (Å²) in [6.45, 7) is 7.05. The molecule has 3 saturated heterocycles. The fraction of sp³-hybridized carbons (Fsp3) is 0.875. The van der Waals surface area contributed by atoms with Crippen molar-refractivity contribution >= 4 is 11.8 Å². The van der Waals surface area contributed by atoms with Crippen LogP contribution in [0.2, 0.25) is 0 Å². The number of fused-ring (bicyclic) bond motifs is 1. The van der Waals surface area contributed by atoms with Gasteiger partial charge in [-0.1, -0.05) is 13.8 Å². The summed E-state index contributed by atoms with van der Waals surface area (Å²) in [5, 5.41) is 0. The van der Waals surface area contributed by atoms with Crippen LogP contribution in [0.5, 0.6) is 0 Å². The maximum Gasteiger partial charge on any atom is 0.246 e. The Morgan fingerprint density at radius 3 is 2.67 bits per heavy atom. The first kappa shape index (κ1) is 14.8. The van der Waals surface area contributed by atoms with E-state index in [-0.39, 0.29) is 29.8 Å². The average molecular weight is 294 g/mol. The number of carbonyl (C=O) groups is 2. The monoisotopic (exact) mass is 294 g/mol. The Bertz CT molecular complexity index is 418. The largest absolute Gasteiger partial charge is 0.381 e. The van der Waals surface area contributed by atoms with E-state index in [0.29, 0.717) is 12.5 Å². The lowest BCUT2D eigenvalue weighted by Gasteiger charge is -2.45. The predicted octanol–water partition coefficient (Wildman–Crippen LogP) is 1.27. The maximum absolute atomic E-state index is 12.8. The van der Waals surface area contributed by atoms with Crippen molar-refractivity contribution in [3.8, 4) is 0 Å². The van der Waals surface area contributed by atoms with Crippen molar-refractivity contribution in [3.05, 3.63) is 0 Å². The van der Waals surface area contributed by atoms with Gasteiger partial charge in [-0.3, -0.25) is 9.59 Å². The summed E-state index contributed by atoms with van der Waals surface area (Å²) >= 11 is 0. The van der Waals surface area contributed by atoms with Gasteiger partial charge in [0, 0.05) is 19.7 Å². The highest BCUT2D eigenvalue weighted by Crippen LogP contribution is 2.31. The van der Waals surface area contributed by atoms with Crippen LogP contribution in [0.1, 0.15) is 39.5 Å². The first-order chi connectivity index (χ1) is 10.1.